The molecule has 2 nitrogen and oxygen atoms in total. The molecule has 0 radical (unpaired) electrons. The average molecular weight is 236 g/mol. The van der Waals surface area contributed by atoms with Crippen LogP contribution in [0.4, 0.5) is 0 Å². The second kappa shape index (κ2) is 9.44. The van der Waals surface area contributed by atoms with Gasteiger partial charge < -0.3 is 10.1 Å². The molecule has 0 saturated heterocycles. The van der Waals surface area contributed by atoms with Gasteiger partial charge >= 0.3 is 0 Å². The van der Waals surface area contributed by atoms with Crippen molar-refractivity contribution >= 4 is 11.6 Å². The molecule has 1 N–H and O–H groups in total. The molecule has 0 spiro atoms. The Hall–Kier alpha value is 0.210. The summed E-state index contributed by atoms with van der Waals surface area (Å²) in [7, 11) is 0. The number of alkyl halides is 1. The summed E-state index contributed by atoms with van der Waals surface area (Å²) >= 11 is 5.73. The standard InChI is InChI=1S/C12H26ClNO/c1-4-5-9-15-10-8-14-11-12(2,3)6-7-13/h14H,4-11H2,1-3H3. The molecular weight excluding hydrogens is 210 g/mol. The molecule has 0 aromatic heterocycles. The van der Waals surface area contributed by atoms with Crippen LogP contribution >= 0.6 is 11.6 Å². The van der Waals surface area contributed by atoms with Crippen molar-refractivity contribution in [3.05, 3.63) is 0 Å². The summed E-state index contributed by atoms with van der Waals surface area (Å²) in [4.78, 5) is 0. The number of ether oxygens (including phenoxy) is 1. The van der Waals surface area contributed by atoms with Gasteiger partial charge in [-0.25, -0.2) is 0 Å². The fourth-order valence-electron chi connectivity index (χ4n) is 1.26. The molecule has 92 valence electrons. The van der Waals surface area contributed by atoms with Crippen LogP contribution < -0.4 is 5.32 Å². The Balaban J connectivity index is 3.22. The maximum Gasteiger partial charge on any atom is 0.0590 e. The molecule has 0 fully saturated rings. The molecule has 0 rings (SSSR count). The van der Waals surface area contributed by atoms with Crippen molar-refractivity contribution in [2.24, 2.45) is 5.41 Å². The first-order valence-electron chi connectivity index (χ1n) is 5.97. The maximum atomic E-state index is 5.73. The van der Waals surface area contributed by atoms with E-state index >= 15 is 0 Å². The van der Waals surface area contributed by atoms with Gasteiger partial charge in [-0.05, 0) is 18.3 Å². The van der Waals surface area contributed by atoms with Crippen LogP contribution in [0.2, 0.25) is 0 Å². The third-order valence-corrected chi connectivity index (χ3v) is 2.63. The Morgan fingerprint density at radius 3 is 2.60 bits per heavy atom. The quantitative estimate of drug-likeness (QED) is 0.464. The van der Waals surface area contributed by atoms with Crippen LogP contribution in [-0.4, -0.2) is 32.2 Å². The van der Waals surface area contributed by atoms with Gasteiger partial charge in [0, 0.05) is 25.6 Å². The van der Waals surface area contributed by atoms with Gasteiger partial charge in [0.25, 0.3) is 0 Å². The average Bonchev–Trinajstić information content (AvgIpc) is 2.16. The Morgan fingerprint density at radius 2 is 2.00 bits per heavy atom. The molecule has 0 saturated carbocycles. The Kier molecular flexibility index (Phi) is 9.57. The van der Waals surface area contributed by atoms with Crippen LogP contribution in [-0.2, 0) is 4.74 Å². The highest BCUT2D eigenvalue weighted by Gasteiger charge is 2.15. The molecule has 0 unspecified atom stereocenters. The fourth-order valence-corrected chi connectivity index (χ4v) is 1.78. The molecule has 0 heterocycles. The van der Waals surface area contributed by atoms with E-state index in [1.54, 1.807) is 0 Å². The molecule has 15 heavy (non-hydrogen) atoms. The van der Waals surface area contributed by atoms with Crippen LogP contribution in [0.25, 0.3) is 0 Å². The topological polar surface area (TPSA) is 21.3 Å². The van der Waals surface area contributed by atoms with Crippen LogP contribution in [0.3, 0.4) is 0 Å². The maximum absolute atomic E-state index is 5.73. The predicted molar refractivity (Wildman–Crippen MR) is 67.7 cm³/mol. The molecule has 0 aliphatic heterocycles. The lowest BCUT2D eigenvalue weighted by Crippen LogP contribution is -2.32. The van der Waals surface area contributed by atoms with E-state index in [0.29, 0.717) is 5.41 Å². The lowest BCUT2D eigenvalue weighted by atomic mass is 9.90. The van der Waals surface area contributed by atoms with Gasteiger partial charge in [-0.3, -0.25) is 0 Å². The van der Waals surface area contributed by atoms with Gasteiger partial charge in [-0.1, -0.05) is 27.2 Å². The minimum absolute atomic E-state index is 0.297. The van der Waals surface area contributed by atoms with E-state index in [1.807, 2.05) is 0 Å². The molecule has 0 aliphatic carbocycles. The molecule has 0 aromatic rings. The summed E-state index contributed by atoms with van der Waals surface area (Å²) < 4.78 is 5.46. The Morgan fingerprint density at radius 1 is 1.27 bits per heavy atom. The van der Waals surface area contributed by atoms with Crippen molar-refractivity contribution in [2.45, 2.75) is 40.0 Å². The van der Waals surface area contributed by atoms with Gasteiger partial charge in [-0.2, -0.15) is 0 Å². The number of hydrogen-bond acceptors (Lipinski definition) is 2. The summed E-state index contributed by atoms with van der Waals surface area (Å²) in [5.74, 6) is 0.738. The van der Waals surface area contributed by atoms with Crippen LogP contribution in [0.5, 0.6) is 0 Å². The van der Waals surface area contributed by atoms with E-state index in [1.165, 1.54) is 6.42 Å². The van der Waals surface area contributed by atoms with Crippen LogP contribution in [0.1, 0.15) is 40.0 Å². The second-order valence-corrected chi connectivity index (χ2v) is 5.12. The number of nitrogens with one attached hydrogen (secondary N) is 1. The molecule has 3 heteroatoms. The van der Waals surface area contributed by atoms with E-state index in [-0.39, 0.29) is 0 Å². The monoisotopic (exact) mass is 235 g/mol. The summed E-state index contributed by atoms with van der Waals surface area (Å²) in [5, 5.41) is 3.40. The minimum atomic E-state index is 0.297. The molecule has 0 bridgehead atoms. The first-order valence-corrected chi connectivity index (χ1v) is 6.50. The van der Waals surface area contributed by atoms with Gasteiger partial charge in [0.1, 0.15) is 0 Å². The lowest BCUT2D eigenvalue weighted by molar-refractivity contribution is 0.130. The van der Waals surface area contributed by atoms with Gasteiger partial charge in [0.05, 0.1) is 6.61 Å². The van der Waals surface area contributed by atoms with E-state index in [9.17, 15) is 0 Å². The predicted octanol–water partition coefficient (Wildman–Crippen LogP) is 3.05. The van der Waals surface area contributed by atoms with Crippen molar-refractivity contribution in [1.82, 2.24) is 5.32 Å². The highest BCUT2D eigenvalue weighted by molar-refractivity contribution is 6.17. The Labute approximate surface area is 99.7 Å². The van der Waals surface area contributed by atoms with Gasteiger partial charge in [0.2, 0.25) is 0 Å². The van der Waals surface area contributed by atoms with Crippen molar-refractivity contribution in [3.63, 3.8) is 0 Å². The van der Waals surface area contributed by atoms with Crippen molar-refractivity contribution in [2.75, 3.05) is 32.2 Å². The smallest absolute Gasteiger partial charge is 0.0590 e. The van der Waals surface area contributed by atoms with E-state index in [2.05, 4.69) is 26.1 Å². The molecule has 0 aromatic carbocycles. The van der Waals surface area contributed by atoms with Crippen molar-refractivity contribution in [1.29, 1.82) is 0 Å². The lowest BCUT2D eigenvalue weighted by Gasteiger charge is -2.23. The van der Waals surface area contributed by atoms with Crippen molar-refractivity contribution in [3.8, 4) is 0 Å². The summed E-state index contributed by atoms with van der Waals surface area (Å²) in [5.41, 5.74) is 0.297. The molecular formula is C12H26ClNO. The van der Waals surface area contributed by atoms with E-state index < -0.39 is 0 Å². The van der Waals surface area contributed by atoms with E-state index in [4.69, 9.17) is 16.3 Å². The fraction of sp³-hybridized carbons (Fsp3) is 1.00. The largest absolute Gasteiger partial charge is 0.380 e. The summed E-state index contributed by atoms with van der Waals surface area (Å²) in [6.07, 6.45) is 3.42. The highest BCUT2D eigenvalue weighted by atomic mass is 35.5. The van der Waals surface area contributed by atoms with Crippen LogP contribution in [0, 0.1) is 5.41 Å². The third-order valence-electron chi connectivity index (χ3n) is 2.44. The summed E-state index contributed by atoms with van der Waals surface area (Å²) in [6.45, 7) is 10.3. The highest BCUT2D eigenvalue weighted by Crippen LogP contribution is 2.19. The molecule has 0 atom stereocenters. The Bertz CT molecular complexity index is 140. The van der Waals surface area contributed by atoms with E-state index in [0.717, 1.165) is 45.0 Å². The first kappa shape index (κ1) is 15.2. The van der Waals surface area contributed by atoms with Crippen LogP contribution in [0.15, 0.2) is 0 Å². The number of unbranched alkanes of at least 4 members (excludes halogenated alkanes) is 1. The third kappa shape index (κ3) is 10.5. The normalized spacial score (nSPS) is 12.0. The number of halogens is 1. The minimum Gasteiger partial charge on any atom is -0.380 e. The zero-order valence-corrected chi connectivity index (χ0v) is 11.2. The first-order chi connectivity index (χ1) is 7.12. The zero-order chi connectivity index (χ0) is 11.6. The molecule has 0 aliphatic rings. The zero-order valence-electron chi connectivity index (χ0n) is 10.4. The van der Waals surface area contributed by atoms with Gasteiger partial charge in [0.15, 0.2) is 0 Å². The SMILES string of the molecule is CCCCOCCNCC(C)(C)CCCl. The van der Waals surface area contributed by atoms with Gasteiger partial charge in [-0.15, -0.1) is 11.6 Å². The second-order valence-electron chi connectivity index (χ2n) is 4.75. The number of rotatable bonds is 10. The summed E-state index contributed by atoms with van der Waals surface area (Å²) in [6, 6.07) is 0. The number of hydrogen-bond donors (Lipinski definition) is 1. The molecule has 0 amide bonds. The van der Waals surface area contributed by atoms with Crippen molar-refractivity contribution < 1.29 is 4.74 Å².